The number of benzene rings is 1. The molecular formula is C15H15BrN2O. The van der Waals surface area contributed by atoms with E-state index in [4.69, 9.17) is 4.74 Å². The summed E-state index contributed by atoms with van der Waals surface area (Å²) >= 11 is 3.50. The third kappa shape index (κ3) is 3.33. The normalized spacial score (nSPS) is 16.1. The van der Waals surface area contributed by atoms with Gasteiger partial charge >= 0.3 is 0 Å². The Kier molecular flexibility index (Phi) is 3.80. The molecule has 98 valence electrons. The molecule has 2 aromatic rings. The molecule has 2 heterocycles. The van der Waals surface area contributed by atoms with Crippen LogP contribution in [0.15, 0.2) is 53.3 Å². The van der Waals surface area contributed by atoms with Crippen molar-refractivity contribution in [2.45, 2.75) is 12.6 Å². The molecule has 0 N–H and O–H groups in total. The summed E-state index contributed by atoms with van der Waals surface area (Å²) in [5.74, 6) is 0.905. The Labute approximate surface area is 121 Å². The van der Waals surface area contributed by atoms with Gasteiger partial charge in [0.1, 0.15) is 11.9 Å². The Balaban J connectivity index is 1.48. The fourth-order valence-corrected chi connectivity index (χ4v) is 2.68. The van der Waals surface area contributed by atoms with Crippen molar-refractivity contribution >= 4 is 15.9 Å². The highest BCUT2D eigenvalue weighted by Crippen LogP contribution is 2.20. The zero-order valence-corrected chi connectivity index (χ0v) is 12.1. The average Bonchev–Trinajstić information content (AvgIpc) is 2.37. The quantitative estimate of drug-likeness (QED) is 0.866. The first-order valence-corrected chi connectivity index (χ1v) is 7.12. The summed E-state index contributed by atoms with van der Waals surface area (Å²) in [5.41, 5.74) is 1.33. The molecule has 1 aliphatic heterocycles. The molecule has 1 saturated heterocycles. The molecular weight excluding hydrogens is 304 g/mol. The van der Waals surface area contributed by atoms with Gasteiger partial charge in [-0.25, -0.2) is 0 Å². The first-order valence-electron chi connectivity index (χ1n) is 6.33. The lowest BCUT2D eigenvalue weighted by atomic mass is 10.1. The highest BCUT2D eigenvalue weighted by Gasteiger charge is 2.28. The van der Waals surface area contributed by atoms with Crippen LogP contribution in [0.25, 0.3) is 0 Å². The summed E-state index contributed by atoms with van der Waals surface area (Å²) in [7, 11) is 0. The van der Waals surface area contributed by atoms with E-state index in [1.54, 1.807) is 12.4 Å². The number of pyridine rings is 1. The summed E-state index contributed by atoms with van der Waals surface area (Å²) in [6, 6.07) is 12.2. The van der Waals surface area contributed by atoms with E-state index in [1.807, 2.05) is 12.1 Å². The molecule has 0 atom stereocenters. The van der Waals surface area contributed by atoms with Crippen LogP contribution in [0, 0.1) is 0 Å². The van der Waals surface area contributed by atoms with Gasteiger partial charge in [-0.15, -0.1) is 0 Å². The summed E-state index contributed by atoms with van der Waals surface area (Å²) in [6.07, 6.45) is 3.81. The Bertz CT molecular complexity index is 541. The largest absolute Gasteiger partial charge is 0.488 e. The number of aromatic nitrogens is 1. The highest BCUT2D eigenvalue weighted by atomic mass is 79.9. The predicted molar refractivity (Wildman–Crippen MR) is 78.1 cm³/mol. The van der Waals surface area contributed by atoms with Gasteiger partial charge in [0, 0.05) is 36.5 Å². The minimum absolute atomic E-state index is 0.301. The second kappa shape index (κ2) is 5.72. The average molecular weight is 319 g/mol. The standard InChI is InChI=1S/C15H15BrN2O/c16-13-3-1-2-12(8-13)9-18-10-15(11-18)19-14-4-6-17-7-5-14/h1-8,15H,9-11H2. The van der Waals surface area contributed by atoms with Crippen LogP contribution in [0.3, 0.4) is 0 Å². The van der Waals surface area contributed by atoms with Gasteiger partial charge in [-0.1, -0.05) is 28.1 Å². The van der Waals surface area contributed by atoms with Gasteiger partial charge in [0.15, 0.2) is 0 Å². The van der Waals surface area contributed by atoms with Crippen LogP contribution in [0.2, 0.25) is 0 Å². The van der Waals surface area contributed by atoms with Crippen molar-refractivity contribution in [3.8, 4) is 5.75 Å². The van der Waals surface area contributed by atoms with Crippen LogP contribution < -0.4 is 4.74 Å². The van der Waals surface area contributed by atoms with Crippen LogP contribution in [-0.2, 0) is 6.54 Å². The molecule has 3 nitrogen and oxygen atoms in total. The van der Waals surface area contributed by atoms with Crippen molar-refractivity contribution in [1.82, 2.24) is 9.88 Å². The lowest BCUT2D eigenvalue weighted by Crippen LogP contribution is -2.53. The fourth-order valence-electron chi connectivity index (χ4n) is 2.23. The van der Waals surface area contributed by atoms with Gasteiger partial charge in [-0.05, 0) is 29.8 Å². The number of rotatable bonds is 4. The zero-order valence-electron chi connectivity index (χ0n) is 10.5. The smallest absolute Gasteiger partial charge is 0.124 e. The van der Waals surface area contributed by atoms with E-state index in [2.05, 4.69) is 50.1 Å². The minimum atomic E-state index is 0.301. The molecule has 4 heteroatoms. The van der Waals surface area contributed by atoms with E-state index >= 15 is 0 Å². The maximum Gasteiger partial charge on any atom is 0.124 e. The van der Waals surface area contributed by atoms with Gasteiger partial charge in [0.2, 0.25) is 0 Å². The summed E-state index contributed by atoms with van der Waals surface area (Å²) in [4.78, 5) is 6.36. The number of nitrogens with zero attached hydrogens (tertiary/aromatic N) is 2. The first kappa shape index (κ1) is 12.6. The van der Waals surface area contributed by atoms with Crippen molar-refractivity contribution in [2.75, 3.05) is 13.1 Å². The van der Waals surface area contributed by atoms with Crippen molar-refractivity contribution in [2.24, 2.45) is 0 Å². The molecule has 19 heavy (non-hydrogen) atoms. The molecule has 0 aliphatic carbocycles. The van der Waals surface area contributed by atoms with Crippen LogP contribution in [-0.4, -0.2) is 29.1 Å². The molecule has 0 radical (unpaired) electrons. The second-order valence-corrected chi connectivity index (χ2v) is 5.66. The van der Waals surface area contributed by atoms with Gasteiger partial charge in [0.25, 0.3) is 0 Å². The molecule has 3 rings (SSSR count). The Morgan fingerprint density at radius 3 is 2.74 bits per heavy atom. The molecule has 1 aromatic heterocycles. The predicted octanol–water partition coefficient (Wildman–Crippen LogP) is 3.11. The van der Waals surface area contributed by atoms with E-state index in [0.717, 1.165) is 29.9 Å². The molecule has 0 spiro atoms. The third-order valence-electron chi connectivity index (χ3n) is 3.17. The molecule has 1 aromatic carbocycles. The van der Waals surface area contributed by atoms with E-state index in [9.17, 15) is 0 Å². The topological polar surface area (TPSA) is 25.4 Å². The summed E-state index contributed by atoms with van der Waals surface area (Å²) < 4.78 is 6.99. The Morgan fingerprint density at radius 1 is 1.21 bits per heavy atom. The van der Waals surface area contributed by atoms with Gasteiger partial charge < -0.3 is 4.74 Å². The molecule has 0 bridgehead atoms. The molecule has 0 amide bonds. The lowest BCUT2D eigenvalue weighted by molar-refractivity contribution is 0.0145. The number of hydrogen-bond acceptors (Lipinski definition) is 3. The SMILES string of the molecule is Brc1cccc(CN2CC(Oc3ccncc3)C2)c1. The van der Waals surface area contributed by atoms with Crippen molar-refractivity contribution < 1.29 is 4.74 Å². The van der Waals surface area contributed by atoms with Gasteiger partial charge in [0.05, 0.1) is 0 Å². The number of hydrogen-bond donors (Lipinski definition) is 0. The first-order chi connectivity index (χ1) is 9.29. The maximum absolute atomic E-state index is 5.85. The summed E-state index contributed by atoms with van der Waals surface area (Å²) in [6.45, 7) is 2.94. The van der Waals surface area contributed by atoms with Gasteiger partial charge in [-0.2, -0.15) is 0 Å². The van der Waals surface area contributed by atoms with Gasteiger partial charge in [-0.3, -0.25) is 9.88 Å². The second-order valence-electron chi connectivity index (χ2n) is 4.75. The fraction of sp³-hybridized carbons (Fsp3) is 0.267. The zero-order chi connectivity index (χ0) is 13.1. The Hall–Kier alpha value is -1.39. The number of likely N-dealkylation sites (tertiary alicyclic amines) is 1. The molecule has 1 aliphatic rings. The molecule has 0 unspecified atom stereocenters. The van der Waals surface area contributed by atoms with E-state index in [-0.39, 0.29) is 0 Å². The number of ether oxygens (including phenoxy) is 1. The molecule has 1 fully saturated rings. The Morgan fingerprint density at radius 2 is 2.00 bits per heavy atom. The number of halogens is 1. The van der Waals surface area contributed by atoms with Crippen LogP contribution in [0.5, 0.6) is 5.75 Å². The molecule has 0 saturated carbocycles. The van der Waals surface area contributed by atoms with Crippen LogP contribution >= 0.6 is 15.9 Å². The van der Waals surface area contributed by atoms with E-state index in [0.29, 0.717) is 6.10 Å². The van der Waals surface area contributed by atoms with E-state index < -0.39 is 0 Å². The van der Waals surface area contributed by atoms with Crippen molar-refractivity contribution in [3.63, 3.8) is 0 Å². The minimum Gasteiger partial charge on any atom is -0.488 e. The maximum atomic E-state index is 5.85. The van der Waals surface area contributed by atoms with Crippen LogP contribution in [0.4, 0.5) is 0 Å². The third-order valence-corrected chi connectivity index (χ3v) is 3.66. The lowest BCUT2D eigenvalue weighted by Gasteiger charge is -2.39. The van der Waals surface area contributed by atoms with E-state index in [1.165, 1.54) is 5.56 Å². The van der Waals surface area contributed by atoms with Crippen molar-refractivity contribution in [3.05, 3.63) is 58.8 Å². The highest BCUT2D eigenvalue weighted by molar-refractivity contribution is 9.10. The van der Waals surface area contributed by atoms with Crippen LogP contribution in [0.1, 0.15) is 5.56 Å². The monoisotopic (exact) mass is 318 g/mol. The summed E-state index contributed by atoms with van der Waals surface area (Å²) in [5, 5.41) is 0. The van der Waals surface area contributed by atoms with Crippen molar-refractivity contribution in [1.29, 1.82) is 0 Å².